The van der Waals surface area contributed by atoms with Gasteiger partial charge in [-0.2, -0.15) is 0 Å². The van der Waals surface area contributed by atoms with Crippen LogP contribution < -0.4 is 10.5 Å². The van der Waals surface area contributed by atoms with E-state index in [4.69, 9.17) is 10.5 Å². The Bertz CT molecular complexity index is 407. The van der Waals surface area contributed by atoms with Crippen LogP contribution in [0.15, 0.2) is 24.3 Å². The van der Waals surface area contributed by atoms with Gasteiger partial charge in [-0.3, -0.25) is 0 Å². The molecule has 0 aliphatic rings. The van der Waals surface area contributed by atoms with Gasteiger partial charge in [0, 0.05) is 0 Å². The molecule has 2 nitrogen and oxygen atoms in total. The number of nitrogens with two attached hydrogens (primary N) is 1. The molecule has 92 valence electrons. The first kappa shape index (κ1) is 13.6. The molecule has 1 aromatic carbocycles. The Morgan fingerprint density at radius 3 is 2.59 bits per heavy atom. The second-order valence-corrected chi connectivity index (χ2v) is 5.16. The lowest BCUT2D eigenvalue weighted by atomic mass is 9.93. The summed E-state index contributed by atoms with van der Waals surface area (Å²) in [5, 5.41) is 0. The summed E-state index contributed by atoms with van der Waals surface area (Å²) in [7, 11) is 0. The molecule has 0 amide bonds. The minimum absolute atomic E-state index is 0.290. The number of benzene rings is 1. The van der Waals surface area contributed by atoms with Gasteiger partial charge >= 0.3 is 0 Å². The summed E-state index contributed by atoms with van der Waals surface area (Å²) in [6, 6.07) is 7.81. The number of ether oxygens (including phenoxy) is 1. The Hall–Kier alpha value is -1.46. The van der Waals surface area contributed by atoms with Crippen molar-refractivity contribution in [1.29, 1.82) is 0 Å². The average molecular weight is 231 g/mol. The van der Waals surface area contributed by atoms with Crippen LogP contribution in [0.4, 0.5) is 0 Å². The summed E-state index contributed by atoms with van der Waals surface area (Å²) in [5.41, 5.74) is 6.57. The molecule has 0 saturated carbocycles. The molecule has 0 fully saturated rings. The Balaban J connectivity index is 2.64. The van der Waals surface area contributed by atoms with Crippen molar-refractivity contribution < 1.29 is 4.74 Å². The fourth-order valence-corrected chi connectivity index (χ4v) is 1.31. The molecule has 0 saturated heterocycles. The van der Waals surface area contributed by atoms with E-state index in [-0.39, 0.29) is 5.41 Å². The van der Waals surface area contributed by atoms with Crippen molar-refractivity contribution in [3.63, 3.8) is 0 Å². The third-order valence-electron chi connectivity index (χ3n) is 2.32. The maximum atomic E-state index is 5.77. The lowest BCUT2D eigenvalue weighted by Gasteiger charge is -2.18. The van der Waals surface area contributed by atoms with E-state index in [0.717, 1.165) is 17.7 Å². The molecule has 0 radical (unpaired) electrons. The summed E-state index contributed by atoms with van der Waals surface area (Å²) < 4.78 is 5.77. The van der Waals surface area contributed by atoms with E-state index >= 15 is 0 Å². The summed E-state index contributed by atoms with van der Waals surface area (Å²) >= 11 is 0. The smallest absolute Gasteiger partial charge is 0.134 e. The Labute approximate surface area is 104 Å². The summed E-state index contributed by atoms with van der Waals surface area (Å²) in [4.78, 5) is 0. The predicted molar refractivity (Wildman–Crippen MR) is 71.9 cm³/mol. The SMILES string of the molecule is CC(C)(C)CCOc1ccccc1C#CCN. The third-order valence-corrected chi connectivity index (χ3v) is 2.32. The molecule has 0 unspecified atom stereocenters. The van der Waals surface area contributed by atoms with Crippen LogP contribution in [0.5, 0.6) is 5.75 Å². The maximum Gasteiger partial charge on any atom is 0.134 e. The molecule has 17 heavy (non-hydrogen) atoms. The van der Waals surface area contributed by atoms with Gasteiger partial charge in [0.2, 0.25) is 0 Å². The molecular weight excluding hydrogens is 210 g/mol. The fraction of sp³-hybridized carbons (Fsp3) is 0.467. The number of hydrogen-bond acceptors (Lipinski definition) is 2. The molecule has 1 rings (SSSR count). The van der Waals surface area contributed by atoms with Gasteiger partial charge in [-0.15, -0.1) is 0 Å². The second-order valence-electron chi connectivity index (χ2n) is 5.16. The maximum absolute atomic E-state index is 5.77. The summed E-state index contributed by atoms with van der Waals surface area (Å²) in [5.74, 6) is 6.72. The first-order chi connectivity index (χ1) is 8.03. The molecule has 0 bridgehead atoms. The molecular formula is C15H21NO. The zero-order valence-corrected chi connectivity index (χ0v) is 10.9. The van der Waals surface area contributed by atoms with Gasteiger partial charge in [-0.25, -0.2) is 0 Å². The highest BCUT2D eigenvalue weighted by molar-refractivity contribution is 5.45. The topological polar surface area (TPSA) is 35.2 Å². The molecule has 2 heteroatoms. The van der Waals surface area contributed by atoms with Crippen LogP contribution in [0.2, 0.25) is 0 Å². The Morgan fingerprint density at radius 2 is 1.94 bits per heavy atom. The van der Waals surface area contributed by atoms with Crippen LogP contribution >= 0.6 is 0 Å². The van der Waals surface area contributed by atoms with E-state index in [0.29, 0.717) is 13.2 Å². The lowest BCUT2D eigenvalue weighted by Crippen LogP contribution is -2.11. The Morgan fingerprint density at radius 1 is 1.24 bits per heavy atom. The second kappa shape index (κ2) is 6.32. The van der Waals surface area contributed by atoms with Gasteiger partial charge in [0.25, 0.3) is 0 Å². The van der Waals surface area contributed by atoms with Gasteiger partial charge in [0.05, 0.1) is 18.7 Å². The van der Waals surface area contributed by atoms with E-state index in [1.165, 1.54) is 0 Å². The monoisotopic (exact) mass is 231 g/mol. The molecule has 0 aliphatic carbocycles. The van der Waals surface area contributed by atoms with Gasteiger partial charge in [-0.05, 0) is 24.0 Å². The molecule has 1 aromatic rings. The normalized spacial score (nSPS) is 10.6. The standard InChI is InChI=1S/C15H21NO/c1-15(2,3)10-12-17-14-9-5-4-7-13(14)8-6-11-16/h4-5,7,9H,10-12,16H2,1-3H3. The van der Waals surface area contributed by atoms with Crippen molar-refractivity contribution in [2.24, 2.45) is 11.1 Å². The van der Waals surface area contributed by atoms with Crippen LogP contribution in [0, 0.1) is 17.3 Å². The summed E-state index contributed by atoms with van der Waals surface area (Å²) in [6.45, 7) is 7.70. The van der Waals surface area contributed by atoms with Gasteiger partial charge in [0.1, 0.15) is 5.75 Å². The van der Waals surface area contributed by atoms with Crippen LogP contribution in [-0.2, 0) is 0 Å². The van der Waals surface area contributed by atoms with Gasteiger partial charge in [-0.1, -0.05) is 44.7 Å². The lowest BCUT2D eigenvalue weighted by molar-refractivity contribution is 0.242. The zero-order valence-electron chi connectivity index (χ0n) is 10.9. The van der Waals surface area contributed by atoms with Crippen molar-refractivity contribution in [1.82, 2.24) is 0 Å². The summed E-state index contributed by atoms with van der Waals surface area (Å²) in [6.07, 6.45) is 1.02. The van der Waals surface area contributed by atoms with Crippen LogP contribution in [0.3, 0.4) is 0 Å². The first-order valence-corrected chi connectivity index (χ1v) is 5.94. The number of hydrogen-bond donors (Lipinski definition) is 1. The van der Waals surface area contributed by atoms with E-state index < -0.39 is 0 Å². The predicted octanol–water partition coefficient (Wildman–Crippen LogP) is 2.81. The van der Waals surface area contributed by atoms with Crippen LogP contribution in [-0.4, -0.2) is 13.2 Å². The molecule has 0 aromatic heterocycles. The van der Waals surface area contributed by atoms with Gasteiger partial charge in [0.15, 0.2) is 0 Å². The number of rotatable bonds is 3. The van der Waals surface area contributed by atoms with E-state index in [9.17, 15) is 0 Å². The first-order valence-electron chi connectivity index (χ1n) is 5.94. The van der Waals surface area contributed by atoms with E-state index in [1.807, 2.05) is 24.3 Å². The van der Waals surface area contributed by atoms with E-state index in [1.54, 1.807) is 0 Å². The molecule has 0 aliphatic heterocycles. The highest BCUT2D eigenvalue weighted by atomic mass is 16.5. The van der Waals surface area contributed by atoms with E-state index in [2.05, 4.69) is 32.6 Å². The van der Waals surface area contributed by atoms with Crippen molar-refractivity contribution in [2.45, 2.75) is 27.2 Å². The van der Waals surface area contributed by atoms with Crippen molar-refractivity contribution >= 4 is 0 Å². The van der Waals surface area contributed by atoms with Crippen molar-refractivity contribution in [2.75, 3.05) is 13.2 Å². The highest BCUT2D eigenvalue weighted by Crippen LogP contribution is 2.21. The molecule has 2 N–H and O–H groups in total. The van der Waals surface area contributed by atoms with Gasteiger partial charge < -0.3 is 10.5 Å². The zero-order chi connectivity index (χ0) is 12.7. The average Bonchev–Trinajstić information content (AvgIpc) is 2.26. The fourth-order valence-electron chi connectivity index (χ4n) is 1.31. The quantitative estimate of drug-likeness (QED) is 0.812. The highest BCUT2D eigenvalue weighted by Gasteiger charge is 2.10. The molecule has 0 atom stereocenters. The largest absolute Gasteiger partial charge is 0.492 e. The molecule has 0 heterocycles. The minimum atomic E-state index is 0.290. The third kappa shape index (κ3) is 5.42. The minimum Gasteiger partial charge on any atom is -0.492 e. The van der Waals surface area contributed by atoms with Crippen molar-refractivity contribution in [3.05, 3.63) is 29.8 Å². The number of para-hydroxylation sites is 1. The van der Waals surface area contributed by atoms with Crippen molar-refractivity contribution in [3.8, 4) is 17.6 Å². The van der Waals surface area contributed by atoms with Crippen LogP contribution in [0.25, 0.3) is 0 Å². The molecule has 0 spiro atoms. The van der Waals surface area contributed by atoms with Crippen LogP contribution in [0.1, 0.15) is 32.8 Å². The Kier molecular flexibility index (Phi) is 5.06.